The van der Waals surface area contributed by atoms with E-state index in [4.69, 9.17) is 4.74 Å². The van der Waals surface area contributed by atoms with Crippen molar-refractivity contribution in [1.29, 1.82) is 0 Å². The molecule has 0 saturated carbocycles. The molecule has 0 atom stereocenters. The lowest BCUT2D eigenvalue weighted by Gasteiger charge is -2.01. The van der Waals surface area contributed by atoms with E-state index in [0.29, 0.717) is 0 Å². The number of hydrogen-bond donors (Lipinski definition) is 0. The molecule has 1 aromatic carbocycles. The van der Waals surface area contributed by atoms with Crippen molar-refractivity contribution in [3.05, 3.63) is 29.3 Å². The summed E-state index contributed by atoms with van der Waals surface area (Å²) in [6.07, 6.45) is 3.50. The zero-order valence-electron chi connectivity index (χ0n) is 9.47. The Morgan fingerprint density at radius 1 is 1.29 bits per heavy atom. The van der Waals surface area contributed by atoms with E-state index >= 15 is 0 Å². The van der Waals surface area contributed by atoms with Gasteiger partial charge in [-0.25, -0.2) is 0 Å². The molecule has 1 aliphatic rings. The fourth-order valence-electron chi connectivity index (χ4n) is 1.68. The van der Waals surface area contributed by atoms with E-state index in [1.807, 2.05) is 13.8 Å². The molecule has 0 fully saturated rings. The first-order valence-corrected chi connectivity index (χ1v) is 5.65. The van der Waals surface area contributed by atoms with Gasteiger partial charge >= 0.3 is 0 Å². The van der Waals surface area contributed by atoms with Gasteiger partial charge in [-0.05, 0) is 23.6 Å². The summed E-state index contributed by atoms with van der Waals surface area (Å²) >= 11 is 0. The molecular formula is C13H20O. The number of rotatable bonds is 2. The first-order chi connectivity index (χ1) is 6.90. The van der Waals surface area contributed by atoms with Crippen LogP contribution in [0.15, 0.2) is 18.2 Å². The van der Waals surface area contributed by atoms with Gasteiger partial charge in [0.25, 0.3) is 0 Å². The predicted octanol–water partition coefficient (Wildman–Crippen LogP) is 3.60. The Balaban J connectivity index is 0.000000461. The largest absolute Gasteiger partial charge is 0.493 e. The zero-order chi connectivity index (χ0) is 10.4. The average Bonchev–Trinajstić information content (AvgIpc) is 2.68. The molecule has 0 unspecified atom stereocenters. The van der Waals surface area contributed by atoms with Crippen LogP contribution in [0.5, 0.6) is 5.75 Å². The summed E-state index contributed by atoms with van der Waals surface area (Å²) in [5.74, 6) is 1.09. The number of aryl methyl sites for hydroxylation is 1. The Morgan fingerprint density at radius 3 is 2.79 bits per heavy atom. The Hall–Kier alpha value is -0.980. The molecule has 1 heterocycles. The summed E-state index contributed by atoms with van der Waals surface area (Å²) in [5.41, 5.74) is 2.84. The molecule has 78 valence electrons. The van der Waals surface area contributed by atoms with Gasteiger partial charge in [-0.15, -0.1) is 0 Å². The summed E-state index contributed by atoms with van der Waals surface area (Å²) < 4.78 is 5.43. The molecule has 1 aromatic rings. The minimum Gasteiger partial charge on any atom is -0.493 e. The summed E-state index contributed by atoms with van der Waals surface area (Å²) in [5, 5.41) is 0. The van der Waals surface area contributed by atoms with Crippen molar-refractivity contribution in [2.75, 3.05) is 6.61 Å². The van der Waals surface area contributed by atoms with Crippen molar-refractivity contribution in [3.63, 3.8) is 0 Å². The van der Waals surface area contributed by atoms with Crippen LogP contribution in [-0.4, -0.2) is 6.61 Å². The van der Waals surface area contributed by atoms with Crippen molar-refractivity contribution in [1.82, 2.24) is 0 Å². The van der Waals surface area contributed by atoms with Crippen molar-refractivity contribution in [3.8, 4) is 5.75 Å². The average molecular weight is 192 g/mol. The monoisotopic (exact) mass is 192 g/mol. The molecule has 0 radical (unpaired) electrons. The van der Waals surface area contributed by atoms with Gasteiger partial charge in [0.05, 0.1) is 6.61 Å². The van der Waals surface area contributed by atoms with Gasteiger partial charge in [-0.2, -0.15) is 0 Å². The Kier molecular flexibility index (Phi) is 4.51. The lowest BCUT2D eigenvalue weighted by molar-refractivity contribution is 0.357. The molecule has 0 aromatic heterocycles. The van der Waals surface area contributed by atoms with Gasteiger partial charge in [-0.1, -0.05) is 39.3 Å². The fourth-order valence-corrected chi connectivity index (χ4v) is 1.68. The smallest absolute Gasteiger partial charge is 0.122 e. The van der Waals surface area contributed by atoms with Crippen molar-refractivity contribution >= 4 is 0 Å². The summed E-state index contributed by atoms with van der Waals surface area (Å²) in [6.45, 7) is 7.08. The number of hydrogen-bond acceptors (Lipinski definition) is 1. The summed E-state index contributed by atoms with van der Waals surface area (Å²) in [6, 6.07) is 6.56. The van der Waals surface area contributed by atoms with Gasteiger partial charge in [0, 0.05) is 6.42 Å². The van der Waals surface area contributed by atoms with E-state index in [-0.39, 0.29) is 0 Å². The SMILES string of the molecule is CC.CCCc1ccc2c(c1)CCO2. The molecule has 0 saturated heterocycles. The molecule has 1 heteroatoms. The van der Waals surface area contributed by atoms with Gasteiger partial charge in [-0.3, -0.25) is 0 Å². The minimum absolute atomic E-state index is 0.866. The summed E-state index contributed by atoms with van der Waals surface area (Å²) in [7, 11) is 0. The highest BCUT2D eigenvalue weighted by Crippen LogP contribution is 2.26. The van der Waals surface area contributed by atoms with Crippen molar-refractivity contribution < 1.29 is 4.74 Å². The second kappa shape index (κ2) is 5.69. The second-order valence-electron chi connectivity index (χ2n) is 3.29. The van der Waals surface area contributed by atoms with E-state index < -0.39 is 0 Å². The molecule has 1 nitrogen and oxygen atoms in total. The van der Waals surface area contributed by atoms with Gasteiger partial charge in [0.15, 0.2) is 0 Å². The first-order valence-electron chi connectivity index (χ1n) is 5.65. The van der Waals surface area contributed by atoms with Crippen LogP contribution in [0.1, 0.15) is 38.3 Å². The third-order valence-corrected chi connectivity index (χ3v) is 2.29. The van der Waals surface area contributed by atoms with E-state index in [9.17, 15) is 0 Å². The van der Waals surface area contributed by atoms with Crippen LogP contribution in [-0.2, 0) is 12.8 Å². The van der Waals surface area contributed by atoms with Crippen molar-refractivity contribution in [2.24, 2.45) is 0 Å². The van der Waals surface area contributed by atoms with E-state index in [2.05, 4.69) is 25.1 Å². The number of fused-ring (bicyclic) bond motifs is 1. The third kappa shape index (κ3) is 2.50. The highest BCUT2D eigenvalue weighted by atomic mass is 16.5. The Bertz CT molecular complexity index is 279. The fraction of sp³-hybridized carbons (Fsp3) is 0.538. The molecule has 2 rings (SSSR count). The van der Waals surface area contributed by atoms with Gasteiger partial charge in [0.2, 0.25) is 0 Å². The topological polar surface area (TPSA) is 9.23 Å². The quantitative estimate of drug-likeness (QED) is 0.695. The molecule has 0 N–H and O–H groups in total. The Morgan fingerprint density at radius 2 is 2.07 bits per heavy atom. The van der Waals surface area contributed by atoms with Crippen LogP contribution in [0.2, 0.25) is 0 Å². The predicted molar refractivity (Wildman–Crippen MR) is 61.0 cm³/mol. The normalized spacial score (nSPS) is 12.5. The van der Waals surface area contributed by atoms with Crippen LogP contribution >= 0.6 is 0 Å². The molecular weight excluding hydrogens is 172 g/mol. The molecule has 0 aliphatic carbocycles. The molecule has 0 bridgehead atoms. The standard InChI is InChI=1S/C11H14O.C2H6/c1-2-3-9-4-5-11-10(8-9)6-7-12-11;1-2/h4-5,8H,2-3,6-7H2,1H3;1-2H3. The highest BCUT2D eigenvalue weighted by molar-refractivity contribution is 5.39. The highest BCUT2D eigenvalue weighted by Gasteiger charge is 2.11. The molecule has 0 amide bonds. The lowest BCUT2D eigenvalue weighted by Crippen LogP contribution is -1.85. The van der Waals surface area contributed by atoms with Gasteiger partial charge < -0.3 is 4.74 Å². The maximum Gasteiger partial charge on any atom is 0.122 e. The zero-order valence-corrected chi connectivity index (χ0v) is 9.47. The second-order valence-corrected chi connectivity index (χ2v) is 3.29. The van der Waals surface area contributed by atoms with E-state index in [0.717, 1.165) is 18.8 Å². The van der Waals surface area contributed by atoms with Gasteiger partial charge in [0.1, 0.15) is 5.75 Å². The third-order valence-electron chi connectivity index (χ3n) is 2.29. The maximum atomic E-state index is 5.43. The Labute approximate surface area is 87.1 Å². The van der Waals surface area contributed by atoms with E-state index in [1.54, 1.807) is 0 Å². The van der Waals surface area contributed by atoms with Crippen molar-refractivity contribution in [2.45, 2.75) is 40.0 Å². The number of ether oxygens (including phenoxy) is 1. The van der Waals surface area contributed by atoms with E-state index in [1.165, 1.54) is 24.0 Å². The molecule has 0 spiro atoms. The maximum absolute atomic E-state index is 5.43. The first kappa shape index (κ1) is 11.1. The molecule has 1 aliphatic heterocycles. The lowest BCUT2D eigenvalue weighted by atomic mass is 10.1. The van der Waals surface area contributed by atoms with Crippen LogP contribution < -0.4 is 4.74 Å². The summed E-state index contributed by atoms with van der Waals surface area (Å²) in [4.78, 5) is 0. The number of benzene rings is 1. The van der Waals surface area contributed by atoms with Crippen LogP contribution in [0, 0.1) is 0 Å². The molecule has 14 heavy (non-hydrogen) atoms. The van der Waals surface area contributed by atoms with Crippen LogP contribution in [0.3, 0.4) is 0 Å². The minimum atomic E-state index is 0.866. The van der Waals surface area contributed by atoms with Crippen LogP contribution in [0.4, 0.5) is 0 Å². The van der Waals surface area contributed by atoms with Crippen LogP contribution in [0.25, 0.3) is 0 Å².